The molecule has 1 N–H and O–H groups in total. The summed E-state index contributed by atoms with van der Waals surface area (Å²) >= 11 is 10.3. The minimum atomic E-state index is -0.954. The minimum absolute atomic E-state index is 0.0860. The Morgan fingerprint density at radius 2 is 1.79 bits per heavy atom. The van der Waals surface area contributed by atoms with Crippen molar-refractivity contribution in [2.45, 2.75) is 13.0 Å². The van der Waals surface area contributed by atoms with Gasteiger partial charge in [0.2, 0.25) is 0 Å². The summed E-state index contributed by atoms with van der Waals surface area (Å²) in [7, 11) is 1.25. The molecule has 0 saturated carbocycles. The largest absolute Gasteiger partial charge is 0.507 e. The van der Waals surface area contributed by atoms with Gasteiger partial charge < -0.3 is 9.84 Å². The number of anilines is 1. The number of aliphatic hydroxyl groups is 1. The van der Waals surface area contributed by atoms with E-state index in [1.165, 1.54) is 12.0 Å². The lowest BCUT2D eigenvalue weighted by atomic mass is 9.95. The van der Waals surface area contributed by atoms with Gasteiger partial charge in [0.15, 0.2) is 5.13 Å². The third-order valence-electron chi connectivity index (χ3n) is 5.11. The topological polar surface area (TPSA) is 96.8 Å². The number of ether oxygens (including phenoxy) is 1. The second-order valence-corrected chi connectivity index (χ2v) is 9.46. The molecule has 1 aliphatic rings. The normalized spacial score (nSPS) is 17.5. The molecular formula is C23H16BrClN2O5S. The Morgan fingerprint density at radius 3 is 2.39 bits per heavy atom. The van der Waals surface area contributed by atoms with Crippen molar-refractivity contribution < 1.29 is 24.2 Å². The molecule has 1 saturated heterocycles. The van der Waals surface area contributed by atoms with E-state index in [9.17, 15) is 19.5 Å². The third-order valence-corrected chi connectivity index (χ3v) is 7.03. The lowest BCUT2D eigenvalue weighted by Gasteiger charge is -2.23. The van der Waals surface area contributed by atoms with E-state index < -0.39 is 23.7 Å². The molecular weight excluding hydrogens is 532 g/mol. The maximum atomic E-state index is 13.2. The molecule has 1 atom stereocenters. The van der Waals surface area contributed by atoms with Gasteiger partial charge in [0, 0.05) is 15.1 Å². The summed E-state index contributed by atoms with van der Waals surface area (Å²) in [6, 6.07) is 12.3. The minimum Gasteiger partial charge on any atom is -0.507 e. The Morgan fingerprint density at radius 1 is 1.15 bits per heavy atom. The van der Waals surface area contributed by atoms with Crippen LogP contribution in [0.2, 0.25) is 5.02 Å². The van der Waals surface area contributed by atoms with Gasteiger partial charge in [-0.15, -0.1) is 0 Å². The fourth-order valence-electron chi connectivity index (χ4n) is 3.52. The Bertz CT molecular complexity index is 1300. The number of Topliss-reactive ketones (excluding diaryl/α,β-unsaturated/α-hetero) is 1. The molecule has 2 aromatic carbocycles. The van der Waals surface area contributed by atoms with Crippen LogP contribution in [0.3, 0.4) is 0 Å². The number of esters is 1. The molecule has 0 bridgehead atoms. The van der Waals surface area contributed by atoms with Crippen molar-refractivity contribution in [3.63, 3.8) is 0 Å². The number of rotatable bonds is 4. The molecule has 1 fully saturated rings. The van der Waals surface area contributed by atoms with Crippen LogP contribution in [0.1, 0.15) is 32.5 Å². The summed E-state index contributed by atoms with van der Waals surface area (Å²) in [5, 5.41) is 11.7. The molecule has 33 heavy (non-hydrogen) atoms. The Kier molecular flexibility index (Phi) is 6.38. The van der Waals surface area contributed by atoms with E-state index in [4.69, 9.17) is 16.3 Å². The first kappa shape index (κ1) is 23.2. The van der Waals surface area contributed by atoms with Crippen LogP contribution in [-0.2, 0) is 14.3 Å². The average molecular weight is 548 g/mol. The molecule has 4 rings (SSSR count). The van der Waals surface area contributed by atoms with E-state index in [1.807, 2.05) is 0 Å². The molecule has 10 heteroatoms. The van der Waals surface area contributed by atoms with Gasteiger partial charge in [-0.25, -0.2) is 9.78 Å². The van der Waals surface area contributed by atoms with Gasteiger partial charge in [0.05, 0.1) is 24.4 Å². The van der Waals surface area contributed by atoms with Crippen LogP contribution in [0.5, 0.6) is 0 Å². The van der Waals surface area contributed by atoms with Gasteiger partial charge >= 0.3 is 11.9 Å². The second kappa shape index (κ2) is 9.09. The number of halogens is 2. The van der Waals surface area contributed by atoms with Crippen LogP contribution in [0, 0.1) is 6.92 Å². The zero-order valence-corrected chi connectivity index (χ0v) is 20.5. The molecule has 0 aliphatic carbocycles. The SMILES string of the molecule is COC(=O)c1sc(N2C(=O)C(=O)C(=C(O)c3ccc(Cl)cc3)[C@H]2c2ccc(Br)cc2)nc1C. The summed E-state index contributed by atoms with van der Waals surface area (Å²) in [5.41, 5.74) is 1.21. The summed E-state index contributed by atoms with van der Waals surface area (Å²) in [6.07, 6.45) is 0. The van der Waals surface area contributed by atoms with Crippen LogP contribution < -0.4 is 4.90 Å². The molecule has 2 heterocycles. The first-order chi connectivity index (χ1) is 15.7. The summed E-state index contributed by atoms with van der Waals surface area (Å²) in [6.45, 7) is 1.62. The monoisotopic (exact) mass is 546 g/mol. The average Bonchev–Trinajstić information content (AvgIpc) is 3.31. The van der Waals surface area contributed by atoms with Crippen molar-refractivity contribution in [3.8, 4) is 0 Å². The van der Waals surface area contributed by atoms with E-state index in [-0.39, 0.29) is 21.3 Å². The number of carbonyl (C=O) groups is 3. The number of thiazole rings is 1. The highest BCUT2D eigenvalue weighted by Crippen LogP contribution is 2.44. The lowest BCUT2D eigenvalue weighted by molar-refractivity contribution is -0.132. The zero-order valence-electron chi connectivity index (χ0n) is 17.3. The van der Waals surface area contributed by atoms with Gasteiger partial charge in [0.25, 0.3) is 5.78 Å². The van der Waals surface area contributed by atoms with Gasteiger partial charge in [-0.3, -0.25) is 14.5 Å². The Labute approximate surface area is 206 Å². The molecule has 168 valence electrons. The first-order valence-electron chi connectivity index (χ1n) is 9.61. The zero-order chi connectivity index (χ0) is 23.9. The highest BCUT2D eigenvalue weighted by Gasteiger charge is 2.48. The Hall–Kier alpha value is -3.01. The molecule has 0 radical (unpaired) electrons. The molecule has 1 amide bonds. The number of methoxy groups -OCH3 is 1. The molecule has 1 aliphatic heterocycles. The van der Waals surface area contributed by atoms with Gasteiger partial charge in [-0.1, -0.05) is 51.0 Å². The van der Waals surface area contributed by atoms with E-state index in [0.29, 0.717) is 21.8 Å². The summed E-state index contributed by atoms with van der Waals surface area (Å²) in [5.74, 6) is -2.64. The van der Waals surface area contributed by atoms with E-state index in [0.717, 1.165) is 15.8 Å². The first-order valence-corrected chi connectivity index (χ1v) is 11.6. The highest BCUT2D eigenvalue weighted by atomic mass is 79.9. The van der Waals surface area contributed by atoms with Gasteiger partial charge in [-0.05, 0) is 48.9 Å². The standard InChI is InChI=1S/C23H16BrClN2O5S/c1-11-20(22(31)32-2)33-23(26-11)27-17(12-3-7-14(24)8-4-12)16(19(29)21(27)30)18(28)13-5-9-15(25)10-6-13/h3-10,17,28H,1-2H3/t17-/m1/s1. The molecule has 7 nitrogen and oxygen atoms in total. The smallest absolute Gasteiger partial charge is 0.350 e. The number of aliphatic hydroxyl groups excluding tert-OH is 1. The number of hydrogen-bond donors (Lipinski definition) is 1. The molecule has 1 aromatic heterocycles. The maximum absolute atomic E-state index is 13.2. The third kappa shape index (κ3) is 4.19. The predicted octanol–water partition coefficient (Wildman–Crippen LogP) is 5.28. The number of aromatic nitrogens is 1. The van der Waals surface area contributed by atoms with Crippen LogP contribution in [0.25, 0.3) is 5.76 Å². The van der Waals surface area contributed by atoms with Crippen LogP contribution in [0.15, 0.2) is 58.6 Å². The fourth-order valence-corrected chi connectivity index (χ4v) is 4.92. The van der Waals surface area contributed by atoms with Gasteiger partial charge in [-0.2, -0.15) is 0 Å². The fraction of sp³-hybridized carbons (Fsp3) is 0.130. The number of nitrogens with zero attached hydrogens (tertiary/aromatic N) is 2. The number of benzene rings is 2. The van der Waals surface area contributed by atoms with Crippen LogP contribution in [0.4, 0.5) is 5.13 Å². The quantitative estimate of drug-likeness (QED) is 0.207. The van der Waals surface area contributed by atoms with Gasteiger partial charge in [0.1, 0.15) is 10.6 Å². The number of amides is 1. The summed E-state index contributed by atoms with van der Waals surface area (Å²) < 4.78 is 5.59. The second-order valence-electron chi connectivity index (χ2n) is 7.13. The maximum Gasteiger partial charge on any atom is 0.350 e. The molecule has 0 unspecified atom stereocenters. The molecule has 0 spiro atoms. The Balaban J connectivity index is 1.93. The summed E-state index contributed by atoms with van der Waals surface area (Å²) in [4.78, 5) is 44.2. The van der Waals surface area contributed by atoms with Crippen molar-refractivity contribution >= 4 is 67.4 Å². The van der Waals surface area contributed by atoms with Crippen molar-refractivity contribution in [2.75, 3.05) is 12.0 Å². The number of ketones is 1. The van der Waals surface area contributed by atoms with Crippen LogP contribution >= 0.6 is 38.9 Å². The van der Waals surface area contributed by atoms with Crippen molar-refractivity contribution in [1.29, 1.82) is 0 Å². The van der Waals surface area contributed by atoms with Crippen molar-refractivity contribution in [2.24, 2.45) is 0 Å². The molecule has 3 aromatic rings. The highest BCUT2D eigenvalue weighted by molar-refractivity contribution is 9.10. The van der Waals surface area contributed by atoms with E-state index in [2.05, 4.69) is 20.9 Å². The van der Waals surface area contributed by atoms with E-state index in [1.54, 1.807) is 55.5 Å². The van der Waals surface area contributed by atoms with Crippen molar-refractivity contribution in [3.05, 3.63) is 85.3 Å². The number of aryl methyl sites for hydroxylation is 1. The van der Waals surface area contributed by atoms with Crippen LogP contribution in [-0.4, -0.2) is 34.9 Å². The van der Waals surface area contributed by atoms with E-state index >= 15 is 0 Å². The number of hydrogen-bond acceptors (Lipinski definition) is 7. The number of carbonyl (C=O) groups excluding carboxylic acids is 3. The predicted molar refractivity (Wildman–Crippen MR) is 129 cm³/mol. The van der Waals surface area contributed by atoms with Crippen molar-refractivity contribution in [1.82, 2.24) is 4.98 Å². The lowest BCUT2D eigenvalue weighted by Crippen LogP contribution is -2.29.